The van der Waals surface area contributed by atoms with E-state index in [1.165, 1.54) is 5.39 Å². The summed E-state index contributed by atoms with van der Waals surface area (Å²) in [6.45, 7) is 0. The van der Waals surface area contributed by atoms with Crippen LogP contribution in [0.15, 0.2) is 200 Å². The van der Waals surface area contributed by atoms with Crippen LogP contribution in [0.3, 0.4) is 0 Å². The monoisotopic (exact) mass is 672 g/mol. The summed E-state index contributed by atoms with van der Waals surface area (Å²) >= 11 is 0. The molecule has 51 heavy (non-hydrogen) atoms. The first-order valence-corrected chi connectivity index (χ1v) is 18.9. The molecule has 0 spiro atoms. The van der Waals surface area contributed by atoms with Gasteiger partial charge in [-0.05, 0) is 45.8 Å². The van der Waals surface area contributed by atoms with Gasteiger partial charge in [0.25, 0.3) is 0 Å². The maximum absolute atomic E-state index is 14.9. The van der Waals surface area contributed by atoms with Crippen molar-refractivity contribution in [3.05, 3.63) is 200 Å². The van der Waals surface area contributed by atoms with E-state index in [2.05, 4.69) is 126 Å². The smallest absolute Gasteiger partial charge is 0.171 e. The highest BCUT2D eigenvalue weighted by Gasteiger charge is 2.29. The molecule has 3 nitrogen and oxygen atoms in total. The molecule has 4 heteroatoms. The van der Waals surface area contributed by atoms with Crippen LogP contribution < -0.4 is 15.9 Å². The summed E-state index contributed by atoms with van der Waals surface area (Å²) in [6.07, 6.45) is 0. The van der Waals surface area contributed by atoms with Crippen LogP contribution in [0.4, 0.5) is 0 Å². The molecule has 0 bridgehead atoms. The molecule has 0 saturated heterocycles. The summed E-state index contributed by atoms with van der Waals surface area (Å²) in [7, 11) is -3.04. The lowest BCUT2D eigenvalue weighted by atomic mass is 9.93. The Morgan fingerprint density at radius 2 is 0.902 bits per heavy atom. The Kier molecular flexibility index (Phi) is 7.76. The molecule has 0 radical (unpaired) electrons. The van der Waals surface area contributed by atoms with Gasteiger partial charge in [-0.2, -0.15) is 5.10 Å². The van der Waals surface area contributed by atoms with Gasteiger partial charge in [-0.15, -0.1) is 0 Å². The van der Waals surface area contributed by atoms with Crippen LogP contribution in [0.2, 0.25) is 0 Å². The number of aromatic nitrogens is 2. The Labute approximate surface area is 297 Å². The maximum atomic E-state index is 14.9. The van der Waals surface area contributed by atoms with Crippen LogP contribution >= 0.6 is 7.14 Å². The van der Waals surface area contributed by atoms with Gasteiger partial charge in [-0.3, -0.25) is 0 Å². The van der Waals surface area contributed by atoms with Crippen LogP contribution in [0.5, 0.6) is 0 Å². The van der Waals surface area contributed by atoms with Crippen molar-refractivity contribution in [1.29, 1.82) is 0 Å². The van der Waals surface area contributed by atoms with E-state index >= 15 is 0 Å². The molecule has 0 amide bonds. The molecule has 0 fully saturated rings. The lowest BCUT2D eigenvalue weighted by Gasteiger charge is -2.20. The van der Waals surface area contributed by atoms with Gasteiger partial charge in [0, 0.05) is 32.2 Å². The van der Waals surface area contributed by atoms with Crippen molar-refractivity contribution in [3.63, 3.8) is 0 Å². The van der Waals surface area contributed by atoms with Gasteiger partial charge >= 0.3 is 0 Å². The third kappa shape index (κ3) is 5.40. The van der Waals surface area contributed by atoms with Crippen LogP contribution in [0.25, 0.3) is 60.9 Å². The number of nitrogens with zero attached hydrogens (tertiary/aromatic N) is 2. The second-order valence-electron chi connectivity index (χ2n) is 12.7. The molecule has 0 aliphatic carbocycles. The molecule has 0 saturated carbocycles. The van der Waals surface area contributed by atoms with Gasteiger partial charge in [0.1, 0.15) is 5.69 Å². The Balaban J connectivity index is 1.16. The van der Waals surface area contributed by atoms with Crippen molar-refractivity contribution in [1.82, 2.24) is 9.78 Å². The van der Waals surface area contributed by atoms with Crippen molar-refractivity contribution < 1.29 is 4.57 Å². The zero-order chi connectivity index (χ0) is 34.2. The number of rotatable bonds is 7. The zero-order valence-corrected chi connectivity index (χ0v) is 28.7. The topological polar surface area (TPSA) is 34.9 Å². The first-order chi connectivity index (χ1) is 25.2. The summed E-state index contributed by atoms with van der Waals surface area (Å²) in [5.41, 5.74) is 8.55. The maximum Gasteiger partial charge on any atom is 0.171 e. The molecule has 0 aliphatic rings. The predicted molar refractivity (Wildman–Crippen MR) is 214 cm³/mol. The first-order valence-electron chi connectivity index (χ1n) is 17.2. The molecule has 0 N–H and O–H groups in total. The lowest BCUT2D eigenvalue weighted by Crippen LogP contribution is -2.24. The largest absolute Gasteiger partial charge is 0.309 e. The van der Waals surface area contributed by atoms with Crippen LogP contribution in [-0.2, 0) is 4.57 Å². The summed E-state index contributed by atoms with van der Waals surface area (Å²) in [4.78, 5) is 0. The number of benzene rings is 8. The van der Waals surface area contributed by atoms with Crippen LogP contribution in [0, 0.1) is 0 Å². The number of para-hydroxylation sites is 1. The van der Waals surface area contributed by atoms with E-state index in [-0.39, 0.29) is 0 Å². The predicted octanol–water partition coefficient (Wildman–Crippen LogP) is 10.8. The molecule has 0 unspecified atom stereocenters. The van der Waals surface area contributed by atoms with E-state index in [9.17, 15) is 4.57 Å². The quantitative estimate of drug-likeness (QED) is 0.158. The Bertz CT molecular complexity index is 2630. The Morgan fingerprint density at radius 3 is 1.51 bits per heavy atom. The highest BCUT2D eigenvalue weighted by Crippen LogP contribution is 2.44. The molecule has 8 aromatic carbocycles. The van der Waals surface area contributed by atoms with E-state index in [0.717, 1.165) is 71.4 Å². The zero-order valence-electron chi connectivity index (χ0n) is 27.8. The van der Waals surface area contributed by atoms with E-state index in [1.54, 1.807) is 0 Å². The molecule has 9 rings (SSSR count). The first kappa shape index (κ1) is 30.8. The normalized spacial score (nSPS) is 11.6. The fraction of sp³-hybridized carbons (Fsp3) is 0. The van der Waals surface area contributed by atoms with Gasteiger partial charge in [0.2, 0.25) is 0 Å². The molecule has 0 atom stereocenters. The fourth-order valence-electron chi connectivity index (χ4n) is 7.20. The average Bonchev–Trinajstić information content (AvgIpc) is 3.63. The highest BCUT2D eigenvalue weighted by molar-refractivity contribution is 7.85. The fourth-order valence-corrected chi connectivity index (χ4v) is 9.85. The van der Waals surface area contributed by atoms with Gasteiger partial charge in [-0.1, -0.05) is 182 Å². The van der Waals surface area contributed by atoms with Crippen LogP contribution in [0.1, 0.15) is 0 Å². The Hall–Kier alpha value is -6.28. The molecule has 0 aliphatic heterocycles. The summed E-state index contributed by atoms with van der Waals surface area (Å²) in [5, 5.41) is 11.3. The van der Waals surface area contributed by atoms with Gasteiger partial charge < -0.3 is 4.57 Å². The highest BCUT2D eigenvalue weighted by atomic mass is 31.2. The molecular weight excluding hydrogens is 640 g/mol. The van der Waals surface area contributed by atoms with Crippen molar-refractivity contribution >= 4 is 44.7 Å². The van der Waals surface area contributed by atoms with E-state index in [4.69, 9.17) is 5.10 Å². The molecule has 242 valence electrons. The molecular formula is C47H33N2OP. The van der Waals surface area contributed by atoms with Gasteiger partial charge in [-0.25, -0.2) is 4.68 Å². The Morgan fingerprint density at radius 1 is 0.431 bits per heavy atom. The van der Waals surface area contributed by atoms with E-state index in [0.29, 0.717) is 0 Å². The minimum absolute atomic E-state index is 0.818. The van der Waals surface area contributed by atoms with Gasteiger partial charge in [0.05, 0.1) is 11.2 Å². The van der Waals surface area contributed by atoms with E-state index in [1.807, 2.05) is 78.9 Å². The second kappa shape index (κ2) is 12.9. The van der Waals surface area contributed by atoms with Gasteiger partial charge in [0.15, 0.2) is 7.14 Å². The third-order valence-corrected chi connectivity index (χ3v) is 12.8. The van der Waals surface area contributed by atoms with Crippen molar-refractivity contribution in [2.24, 2.45) is 0 Å². The average molecular weight is 673 g/mol. The number of hydrogen-bond donors (Lipinski definition) is 0. The van der Waals surface area contributed by atoms with Crippen molar-refractivity contribution in [2.45, 2.75) is 0 Å². The number of hydrogen-bond acceptors (Lipinski definition) is 2. The van der Waals surface area contributed by atoms with E-state index < -0.39 is 7.14 Å². The second-order valence-corrected chi connectivity index (χ2v) is 15.5. The minimum atomic E-state index is -3.04. The molecule has 1 aromatic heterocycles. The lowest BCUT2D eigenvalue weighted by molar-refractivity contribution is 0.592. The summed E-state index contributed by atoms with van der Waals surface area (Å²) < 4.78 is 17.0. The number of fused-ring (bicyclic) bond motifs is 3. The molecule has 9 aromatic rings. The third-order valence-electron chi connectivity index (χ3n) is 9.72. The standard InChI is InChI=1S/C47H33N2OP/c50-51(40-20-9-3-10-21-40,41-22-11-4-12-23-41)42-31-29-35(30-32-42)34-25-27-37(28-26-34)46-45-44(36-15-5-1-6-16-36)33-38-17-13-14-24-43(38)47(45)49(48-46)39-18-7-2-8-19-39/h1-33H. The summed E-state index contributed by atoms with van der Waals surface area (Å²) in [6, 6.07) is 68.4. The van der Waals surface area contributed by atoms with Crippen molar-refractivity contribution in [2.75, 3.05) is 0 Å². The van der Waals surface area contributed by atoms with Crippen molar-refractivity contribution in [3.8, 4) is 39.2 Å². The molecule has 1 heterocycles. The summed E-state index contributed by atoms with van der Waals surface area (Å²) in [5.74, 6) is 0. The van der Waals surface area contributed by atoms with Crippen LogP contribution in [-0.4, -0.2) is 9.78 Å². The minimum Gasteiger partial charge on any atom is -0.309 e. The SMILES string of the molecule is O=P(c1ccccc1)(c1ccccc1)c1ccc(-c2ccc(-c3nn(-c4ccccc4)c4c3c(-c3ccccc3)cc3ccccc34)cc2)cc1.